The summed E-state index contributed by atoms with van der Waals surface area (Å²) in [6.07, 6.45) is 0.200. The molecule has 2 heterocycles. The Morgan fingerprint density at radius 1 is 1.15 bits per heavy atom. The number of fused-ring (bicyclic) bond motifs is 1. The van der Waals surface area contributed by atoms with Crippen LogP contribution in [0.25, 0.3) is 0 Å². The molecule has 0 saturated heterocycles. The van der Waals surface area contributed by atoms with E-state index in [2.05, 4.69) is 34.1 Å². The largest absolute Gasteiger partial charge is 0.368 e. The summed E-state index contributed by atoms with van der Waals surface area (Å²) >= 11 is 0. The van der Waals surface area contributed by atoms with Gasteiger partial charge >= 0.3 is 0 Å². The minimum absolute atomic E-state index is 0.0575. The van der Waals surface area contributed by atoms with Crippen molar-refractivity contribution in [2.45, 2.75) is 25.2 Å². The first-order chi connectivity index (χ1) is 12.3. The molecule has 26 heavy (non-hydrogen) atoms. The summed E-state index contributed by atoms with van der Waals surface area (Å²) < 4.78 is 27.6. The molecular formula is C17H21N5O3S. The van der Waals surface area contributed by atoms with Gasteiger partial charge in [0.05, 0.1) is 11.3 Å². The summed E-state index contributed by atoms with van der Waals surface area (Å²) in [5.74, 6) is 1.12. The molecule has 9 heteroatoms. The van der Waals surface area contributed by atoms with E-state index >= 15 is 0 Å². The fourth-order valence-corrected chi connectivity index (χ4v) is 3.65. The topological polar surface area (TPSA) is 104 Å². The lowest BCUT2D eigenvalue weighted by atomic mass is 10.2. The number of nitrogens with zero attached hydrogens (tertiary/aromatic N) is 3. The van der Waals surface area contributed by atoms with Crippen molar-refractivity contribution in [2.24, 2.45) is 5.92 Å². The average Bonchev–Trinajstić information content (AvgIpc) is 2.88. The lowest BCUT2D eigenvalue weighted by Gasteiger charge is -2.12. The number of rotatable bonds is 6. The minimum atomic E-state index is -3.81. The van der Waals surface area contributed by atoms with Crippen LogP contribution in [0.1, 0.15) is 19.4 Å². The predicted molar refractivity (Wildman–Crippen MR) is 99.7 cm³/mol. The second-order valence-electron chi connectivity index (χ2n) is 6.60. The van der Waals surface area contributed by atoms with Gasteiger partial charge in [-0.2, -0.15) is 0 Å². The van der Waals surface area contributed by atoms with Gasteiger partial charge in [0.25, 0.3) is 10.0 Å². The van der Waals surface area contributed by atoms with E-state index in [9.17, 15) is 13.2 Å². The Labute approximate surface area is 152 Å². The van der Waals surface area contributed by atoms with Crippen LogP contribution in [0, 0.1) is 5.92 Å². The summed E-state index contributed by atoms with van der Waals surface area (Å²) in [7, 11) is -2.14. The van der Waals surface area contributed by atoms with Gasteiger partial charge in [-0.25, -0.2) is 8.42 Å². The van der Waals surface area contributed by atoms with Gasteiger partial charge in [0.2, 0.25) is 5.91 Å². The first-order valence-corrected chi connectivity index (χ1v) is 9.74. The molecule has 8 nitrogen and oxygen atoms in total. The molecule has 1 amide bonds. The normalized spacial score (nSPS) is 13.8. The SMILES string of the molecule is CC(C)CNc1ccc(NS(=O)(=O)c2ccc3c(c2)CC(=O)N3C)nn1. The quantitative estimate of drug-likeness (QED) is 0.799. The highest BCUT2D eigenvalue weighted by molar-refractivity contribution is 7.92. The molecular weight excluding hydrogens is 354 g/mol. The summed E-state index contributed by atoms with van der Waals surface area (Å²) in [6.45, 7) is 4.90. The maximum absolute atomic E-state index is 12.6. The molecule has 2 aromatic rings. The zero-order valence-electron chi connectivity index (χ0n) is 14.9. The van der Waals surface area contributed by atoms with Crippen molar-refractivity contribution in [2.75, 3.05) is 28.5 Å². The van der Waals surface area contributed by atoms with Gasteiger partial charge in [-0.1, -0.05) is 13.8 Å². The van der Waals surface area contributed by atoms with Crippen LogP contribution in [0.4, 0.5) is 17.3 Å². The minimum Gasteiger partial charge on any atom is -0.368 e. The zero-order chi connectivity index (χ0) is 18.9. The first kappa shape index (κ1) is 18.1. The van der Waals surface area contributed by atoms with E-state index in [-0.39, 0.29) is 23.0 Å². The van der Waals surface area contributed by atoms with E-state index in [0.29, 0.717) is 17.3 Å². The Morgan fingerprint density at radius 2 is 1.85 bits per heavy atom. The van der Waals surface area contributed by atoms with Gasteiger partial charge in [-0.3, -0.25) is 9.52 Å². The summed E-state index contributed by atoms with van der Waals surface area (Å²) in [5, 5.41) is 11.0. The number of carbonyl (C=O) groups excluding carboxylic acids is 1. The molecule has 1 aromatic carbocycles. The molecule has 0 saturated carbocycles. The van der Waals surface area contributed by atoms with E-state index < -0.39 is 10.0 Å². The lowest BCUT2D eigenvalue weighted by Crippen LogP contribution is -2.20. The van der Waals surface area contributed by atoms with E-state index in [1.807, 2.05) is 0 Å². The third kappa shape index (κ3) is 3.77. The molecule has 0 radical (unpaired) electrons. The van der Waals surface area contributed by atoms with Crippen LogP contribution in [0.15, 0.2) is 35.2 Å². The molecule has 2 N–H and O–H groups in total. The summed E-state index contributed by atoms with van der Waals surface area (Å²) in [5.41, 5.74) is 1.43. The molecule has 0 aliphatic carbocycles. The smallest absolute Gasteiger partial charge is 0.263 e. The number of benzene rings is 1. The van der Waals surface area contributed by atoms with E-state index in [4.69, 9.17) is 0 Å². The van der Waals surface area contributed by atoms with Crippen LogP contribution in [-0.4, -0.2) is 38.1 Å². The van der Waals surface area contributed by atoms with Gasteiger partial charge in [0.1, 0.15) is 5.82 Å². The fourth-order valence-electron chi connectivity index (χ4n) is 2.60. The van der Waals surface area contributed by atoms with Crippen molar-refractivity contribution in [1.82, 2.24) is 10.2 Å². The highest BCUT2D eigenvalue weighted by Gasteiger charge is 2.26. The van der Waals surface area contributed by atoms with Crippen LogP contribution in [0.2, 0.25) is 0 Å². The van der Waals surface area contributed by atoms with Crippen LogP contribution >= 0.6 is 0 Å². The maximum Gasteiger partial charge on any atom is 0.263 e. The Bertz CT molecular complexity index is 926. The van der Waals surface area contributed by atoms with E-state index in [0.717, 1.165) is 12.2 Å². The third-order valence-corrected chi connectivity index (χ3v) is 5.39. The van der Waals surface area contributed by atoms with Crippen LogP contribution in [-0.2, 0) is 21.2 Å². The molecule has 3 rings (SSSR count). The van der Waals surface area contributed by atoms with E-state index in [1.165, 1.54) is 17.0 Å². The number of hydrogen-bond acceptors (Lipinski definition) is 6. The average molecular weight is 375 g/mol. The molecule has 138 valence electrons. The Balaban J connectivity index is 1.75. The van der Waals surface area contributed by atoms with Crippen molar-refractivity contribution >= 4 is 33.3 Å². The maximum atomic E-state index is 12.6. The highest BCUT2D eigenvalue weighted by atomic mass is 32.2. The molecule has 0 unspecified atom stereocenters. The Kier molecular flexibility index (Phi) is 4.82. The Morgan fingerprint density at radius 3 is 2.50 bits per heavy atom. The third-order valence-electron chi connectivity index (χ3n) is 4.03. The summed E-state index contributed by atoms with van der Waals surface area (Å²) in [6, 6.07) is 7.86. The van der Waals surface area contributed by atoms with Crippen molar-refractivity contribution in [1.29, 1.82) is 0 Å². The van der Waals surface area contributed by atoms with Crippen molar-refractivity contribution in [3.8, 4) is 0 Å². The fraction of sp³-hybridized carbons (Fsp3) is 0.353. The van der Waals surface area contributed by atoms with Gasteiger partial charge in [0.15, 0.2) is 5.82 Å². The molecule has 0 spiro atoms. The number of nitrogens with one attached hydrogen (secondary N) is 2. The van der Waals surface area contributed by atoms with Crippen molar-refractivity contribution in [3.63, 3.8) is 0 Å². The highest BCUT2D eigenvalue weighted by Crippen LogP contribution is 2.30. The number of likely N-dealkylation sites (N-methyl/N-ethyl adjacent to an activating group) is 1. The number of carbonyl (C=O) groups is 1. The summed E-state index contributed by atoms with van der Waals surface area (Å²) in [4.78, 5) is 13.4. The number of amides is 1. The molecule has 0 atom stereocenters. The van der Waals surface area contributed by atoms with Crippen LogP contribution < -0.4 is 14.9 Å². The van der Waals surface area contributed by atoms with Gasteiger partial charge in [0, 0.05) is 19.3 Å². The molecule has 1 aliphatic rings. The van der Waals surface area contributed by atoms with Gasteiger partial charge < -0.3 is 10.2 Å². The van der Waals surface area contributed by atoms with Gasteiger partial charge in [-0.05, 0) is 41.8 Å². The number of aromatic nitrogens is 2. The second kappa shape index (κ2) is 6.91. The first-order valence-electron chi connectivity index (χ1n) is 8.26. The number of anilines is 3. The van der Waals surface area contributed by atoms with Crippen molar-refractivity contribution in [3.05, 3.63) is 35.9 Å². The van der Waals surface area contributed by atoms with Crippen LogP contribution in [0.5, 0.6) is 0 Å². The molecule has 1 aromatic heterocycles. The van der Waals surface area contributed by atoms with Gasteiger partial charge in [-0.15, -0.1) is 10.2 Å². The second-order valence-corrected chi connectivity index (χ2v) is 8.29. The van der Waals surface area contributed by atoms with Crippen molar-refractivity contribution < 1.29 is 13.2 Å². The number of sulfonamides is 1. The standard InChI is InChI=1S/C17H21N5O3S/c1-11(2)10-18-15-6-7-16(20-19-15)21-26(24,25)13-4-5-14-12(8-13)9-17(23)22(14)3/h4-8,11H,9-10H2,1-3H3,(H,18,19)(H,20,21). The lowest BCUT2D eigenvalue weighted by molar-refractivity contribution is -0.117. The van der Waals surface area contributed by atoms with E-state index in [1.54, 1.807) is 25.2 Å². The zero-order valence-corrected chi connectivity index (χ0v) is 15.7. The molecule has 0 fully saturated rings. The predicted octanol–water partition coefficient (Wildman–Crippen LogP) is 1.86. The number of hydrogen-bond donors (Lipinski definition) is 2. The molecule has 0 bridgehead atoms. The molecule has 1 aliphatic heterocycles. The van der Waals surface area contributed by atoms with Crippen LogP contribution in [0.3, 0.4) is 0 Å². The monoisotopic (exact) mass is 375 g/mol. The Hall–Kier alpha value is -2.68.